The van der Waals surface area contributed by atoms with Crippen molar-refractivity contribution < 1.29 is 19.4 Å². The highest BCUT2D eigenvalue weighted by molar-refractivity contribution is 6.01. The maximum absolute atomic E-state index is 12.0. The molecule has 0 fully saturated rings. The Balaban J connectivity index is 2.53. The number of methoxy groups -OCH3 is 1. The Hall–Kier alpha value is -2.81. The van der Waals surface area contributed by atoms with E-state index in [1.165, 1.54) is 7.11 Å². The first-order chi connectivity index (χ1) is 10.6. The van der Waals surface area contributed by atoms with E-state index in [-0.39, 0.29) is 23.7 Å². The Kier molecular flexibility index (Phi) is 4.79. The van der Waals surface area contributed by atoms with Crippen LogP contribution in [0.2, 0.25) is 0 Å². The van der Waals surface area contributed by atoms with Crippen molar-refractivity contribution in [1.29, 1.82) is 5.26 Å². The van der Waals surface area contributed by atoms with Crippen molar-refractivity contribution >= 4 is 16.7 Å². The van der Waals surface area contributed by atoms with Crippen LogP contribution in [0.15, 0.2) is 18.2 Å². The number of ether oxygens (including phenoxy) is 2. The van der Waals surface area contributed by atoms with E-state index in [4.69, 9.17) is 9.47 Å². The summed E-state index contributed by atoms with van der Waals surface area (Å²) >= 11 is 0. The first kappa shape index (κ1) is 15.6. The molecule has 0 spiro atoms. The van der Waals surface area contributed by atoms with Crippen molar-refractivity contribution in [3.05, 3.63) is 29.6 Å². The summed E-state index contributed by atoms with van der Waals surface area (Å²) in [5, 5.41) is 20.3. The summed E-state index contributed by atoms with van der Waals surface area (Å²) < 4.78 is 10.2. The van der Waals surface area contributed by atoms with Crippen molar-refractivity contribution in [2.45, 2.75) is 19.8 Å². The fourth-order valence-electron chi connectivity index (χ4n) is 2.01. The molecular weight excluding hydrogens is 284 g/mol. The molecule has 1 aromatic heterocycles. The molecule has 0 bridgehead atoms. The fourth-order valence-corrected chi connectivity index (χ4v) is 2.01. The average molecular weight is 300 g/mol. The van der Waals surface area contributed by atoms with Crippen LogP contribution in [0.25, 0.3) is 10.8 Å². The van der Waals surface area contributed by atoms with Gasteiger partial charge in [-0.15, -0.1) is 0 Å². The summed E-state index contributed by atoms with van der Waals surface area (Å²) in [6.07, 6.45) is 1.60. The molecule has 1 heterocycles. The molecule has 0 aliphatic rings. The van der Waals surface area contributed by atoms with Crippen LogP contribution in [0.4, 0.5) is 0 Å². The van der Waals surface area contributed by atoms with Crippen molar-refractivity contribution in [2.75, 3.05) is 13.7 Å². The van der Waals surface area contributed by atoms with E-state index < -0.39 is 5.97 Å². The summed E-state index contributed by atoms with van der Waals surface area (Å²) in [6.45, 7) is 2.22. The lowest BCUT2D eigenvalue weighted by Gasteiger charge is -2.10. The highest BCUT2D eigenvalue weighted by Crippen LogP contribution is 2.32. The third kappa shape index (κ3) is 2.93. The second-order valence-corrected chi connectivity index (χ2v) is 4.67. The lowest BCUT2D eigenvalue weighted by Crippen LogP contribution is -2.10. The Labute approximate surface area is 127 Å². The van der Waals surface area contributed by atoms with E-state index >= 15 is 0 Å². The van der Waals surface area contributed by atoms with E-state index in [1.54, 1.807) is 18.2 Å². The van der Waals surface area contributed by atoms with Gasteiger partial charge < -0.3 is 14.6 Å². The summed E-state index contributed by atoms with van der Waals surface area (Å²) in [7, 11) is 1.49. The molecule has 0 saturated heterocycles. The average Bonchev–Trinajstić information content (AvgIpc) is 2.55. The molecule has 0 amide bonds. The molecule has 2 rings (SSSR count). The minimum atomic E-state index is -0.743. The zero-order valence-electron chi connectivity index (χ0n) is 12.4. The molecule has 6 nitrogen and oxygen atoms in total. The number of aromatic hydroxyl groups is 1. The Morgan fingerprint density at radius 1 is 1.41 bits per heavy atom. The fraction of sp³-hybridized carbons (Fsp3) is 0.312. The van der Waals surface area contributed by atoms with Gasteiger partial charge in [-0.2, -0.15) is 5.26 Å². The largest absolute Gasteiger partial charge is 0.505 e. The lowest BCUT2D eigenvalue weighted by atomic mass is 10.1. The van der Waals surface area contributed by atoms with E-state index in [9.17, 15) is 15.2 Å². The molecule has 22 heavy (non-hydrogen) atoms. The van der Waals surface area contributed by atoms with Gasteiger partial charge in [-0.25, -0.2) is 9.78 Å². The number of nitrogens with zero attached hydrogens (tertiary/aromatic N) is 2. The van der Waals surface area contributed by atoms with Crippen LogP contribution in [-0.2, 0) is 4.74 Å². The number of carbonyl (C=O) groups excluding carboxylic acids is 1. The number of rotatable bonds is 5. The standard InChI is InChI=1S/C16H16N2O4/c1-3-4-7-22-16(20)14-15(19)12-8-10(21-2)5-6-11(12)13(9-17)18-14/h5-6,8,19H,3-4,7H2,1-2H3. The number of nitriles is 1. The maximum Gasteiger partial charge on any atom is 0.360 e. The number of esters is 1. The summed E-state index contributed by atoms with van der Waals surface area (Å²) in [6, 6.07) is 6.75. The number of carbonyl (C=O) groups is 1. The van der Waals surface area contributed by atoms with E-state index in [0.717, 1.165) is 12.8 Å². The van der Waals surface area contributed by atoms with Crippen molar-refractivity contribution in [1.82, 2.24) is 4.98 Å². The molecule has 6 heteroatoms. The van der Waals surface area contributed by atoms with Gasteiger partial charge in [-0.3, -0.25) is 0 Å². The summed E-state index contributed by atoms with van der Waals surface area (Å²) in [4.78, 5) is 15.9. The number of pyridine rings is 1. The number of fused-ring (bicyclic) bond motifs is 1. The highest BCUT2D eigenvalue weighted by Gasteiger charge is 2.20. The number of benzene rings is 1. The monoisotopic (exact) mass is 300 g/mol. The Morgan fingerprint density at radius 3 is 2.82 bits per heavy atom. The normalized spacial score (nSPS) is 10.2. The van der Waals surface area contributed by atoms with Gasteiger partial charge in [0.2, 0.25) is 0 Å². The number of unbranched alkanes of at least 4 members (excludes halogenated alkanes) is 1. The minimum Gasteiger partial charge on any atom is -0.505 e. The molecule has 0 radical (unpaired) electrons. The molecule has 0 atom stereocenters. The predicted octanol–water partition coefficient (Wildman–Crippen LogP) is 2.78. The van der Waals surface area contributed by atoms with Crippen molar-refractivity contribution in [3.8, 4) is 17.6 Å². The van der Waals surface area contributed by atoms with Crippen LogP contribution >= 0.6 is 0 Å². The third-order valence-electron chi connectivity index (χ3n) is 3.22. The first-order valence-corrected chi connectivity index (χ1v) is 6.90. The molecule has 1 aromatic carbocycles. The molecule has 0 aliphatic heterocycles. The van der Waals surface area contributed by atoms with Crippen molar-refractivity contribution in [2.24, 2.45) is 0 Å². The van der Waals surface area contributed by atoms with Gasteiger partial charge >= 0.3 is 5.97 Å². The number of hydrogen-bond acceptors (Lipinski definition) is 6. The smallest absolute Gasteiger partial charge is 0.360 e. The molecule has 0 aliphatic carbocycles. The van der Waals surface area contributed by atoms with Crippen LogP contribution in [0.1, 0.15) is 35.9 Å². The van der Waals surface area contributed by atoms with Crippen LogP contribution in [0.5, 0.6) is 11.5 Å². The van der Waals surface area contributed by atoms with Gasteiger partial charge in [-0.1, -0.05) is 13.3 Å². The molecule has 0 unspecified atom stereocenters. The lowest BCUT2D eigenvalue weighted by molar-refractivity contribution is 0.0489. The number of aromatic nitrogens is 1. The zero-order valence-corrected chi connectivity index (χ0v) is 12.4. The zero-order chi connectivity index (χ0) is 16.1. The number of hydrogen-bond donors (Lipinski definition) is 1. The van der Waals surface area contributed by atoms with Crippen LogP contribution in [0.3, 0.4) is 0 Å². The minimum absolute atomic E-state index is 0.0536. The van der Waals surface area contributed by atoms with E-state index in [1.807, 2.05) is 13.0 Å². The SMILES string of the molecule is CCCCOC(=O)c1nc(C#N)c2ccc(OC)cc2c1O. The summed E-state index contributed by atoms with van der Waals surface area (Å²) in [5.41, 5.74) is -0.202. The second-order valence-electron chi connectivity index (χ2n) is 4.67. The topological polar surface area (TPSA) is 92.4 Å². The Bertz CT molecular complexity index is 750. The third-order valence-corrected chi connectivity index (χ3v) is 3.22. The van der Waals surface area contributed by atoms with E-state index in [2.05, 4.69) is 4.98 Å². The van der Waals surface area contributed by atoms with Gasteiger partial charge in [0, 0.05) is 10.8 Å². The van der Waals surface area contributed by atoms with Crippen LogP contribution in [-0.4, -0.2) is 29.8 Å². The predicted molar refractivity (Wildman–Crippen MR) is 79.9 cm³/mol. The van der Waals surface area contributed by atoms with E-state index in [0.29, 0.717) is 16.5 Å². The van der Waals surface area contributed by atoms with Crippen LogP contribution < -0.4 is 4.74 Å². The van der Waals surface area contributed by atoms with Gasteiger partial charge in [-0.05, 0) is 24.6 Å². The first-order valence-electron chi connectivity index (χ1n) is 6.90. The quantitative estimate of drug-likeness (QED) is 0.674. The van der Waals surface area contributed by atoms with Gasteiger partial charge in [0.1, 0.15) is 17.5 Å². The summed E-state index contributed by atoms with van der Waals surface area (Å²) in [5.74, 6) is -0.551. The highest BCUT2D eigenvalue weighted by atomic mass is 16.5. The molecule has 2 aromatic rings. The van der Waals surface area contributed by atoms with Gasteiger partial charge in [0.15, 0.2) is 11.4 Å². The second kappa shape index (κ2) is 6.76. The van der Waals surface area contributed by atoms with Gasteiger partial charge in [0.05, 0.1) is 13.7 Å². The van der Waals surface area contributed by atoms with Crippen molar-refractivity contribution in [3.63, 3.8) is 0 Å². The molecule has 1 N–H and O–H groups in total. The molecular formula is C16H16N2O4. The maximum atomic E-state index is 12.0. The van der Waals surface area contributed by atoms with Gasteiger partial charge in [0.25, 0.3) is 0 Å². The van der Waals surface area contributed by atoms with Crippen LogP contribution in [0, 0.1) is 11.3 Å². The molecule has 114 valence electrons. The Morgan fingerprint density at radius 2 is 2.18 bits per heavy atom. The molecule has 0 saturated carbocycles.